The number of pyridine rings is 1. The fraction of sp³-hybridized carbons (Fsp3) is 0. The molecule has 0 saturated carbocycles. The maximum absolute atomic E-state index is 11.8. The van der Waals surface area contributed by atoms with Gasteiger partial charge in [0, 0.05) is 11.8 Å². The summed E-state index contributed by atoms with van der Waals surface area (Å²) in [6.45, 7) is 0. The molecule has 2 aromatic rings. The van der Waals surface area contributed by atoms with Crippen molar-refractivity contribution in [2.75, 3.05) is 5.32 Å². The van der Waals surface area contributed by atoms with Crippen LogP contribution in [-0.2, 0) is 0 Å². The maximum atomic E-state index is 11.8. The van der Waals surface area contributed by atoms with E-state index in [0.29, 0.717) is 15.2 Å². The highest BCUT2D eigenvalue weighted by Crippen LogP contribution is 2.22. The minimum Gasteiger partial charge on any atom is -0.477 e. The van der Waals surface area contributed by atoms with Crippen molar-refractivity contribution in [3.05, 3.63) is 45.5 Å². The normalized spacial score (nSPS) is 10.1. The first-order valence-corrected chi connectivity index (χ1v) is 6.43. The van der Waals surface area contributed by atoms with E-state index >= 15 is 0 Å². The number of nitrogens with one attached hydrogen (secondary N) is 1. The van der Waals surface area contributed by atoms with Crippen molar-refractivity contribution in [1.82, 2.24) is 4.98 Å². The van der Waals surface area contributed by atoms with E-state index in [9.17, 15) is 9.59 Å². The van der Waals surface area contributed by atoms with Gasteiger partial charge in [-0.15, -0.1) is 11.3 Å². The van der Waals surface area contributed by atoms with Crippen LogP contribution in [0.4, 0.5) is 5.00 Å². The highest BCUT2D eigenvalue weighted by atomic mass is 79.9. The van der Waals surface area contributed by atoms with Gasteiger partial charge < -0.3 is 10.4 Å². The minimum absolute atomic E-state index is 0.182. The molecule has 0 atom stereocenters. The molecular formula is C11H7BrN2O3S. The predicted molar refractivity (Wildman–Crippen MR) is 71.2 cm³/mol. The number of halogens is 1. The quantitative estimate of drug-likeness (QED) is 0.850. The Bertz CT molecular complexity index is 612. The lowest BCUT2D eigenvalue weighted by atomic mass is 10.2. The Balaban J connectivity index is 2.13. The summed E-state index contributed by atoms with van der Waals surface area (Å²) in [5.74, 6) is -1.32. The van der Waals surface area contributed by atoms with Gasteiger partial charge >= 0.3 is 5.97 Å². The number of thiophene rings is 1. The topological polar surface area (TPSA) is 79.3 Å². The van der Waals surface area contributed by atoms with E-state index in [4.69, 9.17) is 5.11 Å². The summed E-state index contributed by atoms with van der Waals surface area (Å²) in [7, 11) is 0. The molecule has 0 aliphatic rings. The molecular weight excluding hydrogens is 320 g/mol. The molecule has 5 nitrogen and oxygen atoms in total. The van der Waals surface area contributed by atoms with Crippen LogP contribution >= 0.6 is 27.3 Å². The number of nitrogens with zero attached hydrogens (tertiary/aromatic N) is 1. The van der Waals surface area contributed by atoms with Crippen LogP contribution in [0.25, 0.3) is 0 Å². The second kappa shape index (κ2) is 5.28. The monoisotopic (exact) mass is 326 g/mol. The Morgan fingerprint density at radius 2 is 2.11 bits per heavy atom. The van der Waals surface area contributed by atoms with E-state index in [1.807, 2.05) is 0 Å². The van der Waals surface area contributed by atoms with Crippen LogP contribution < -0.4 is 5.32 Å². The second-order valence-electron chi connectivity index (χ2n) is 3.29. The summed E-state index contributed by atoms with van der Waals surface area (Å²) in [6.07, 6.45) is 1.51. The number of carboxylic acid groups (broad SMARTS) is 1. The lowest BCUT2D eigenvalue weighted by Gasteiger charge is -2.02. The Hall–Kier alpha value is -1.73. The average Bonchev–Trinajstić information content (AvgIpc) is 2.77. The molecule has 2 heterocycles. The molecule has 0 saturated heterocycles. The third-order valence-electron chi connectivity index (χ3n) is 2.04. The number of carbonyl (C=O) groups is 2. The van der Waals surface area contributed by atoms with Crippen molar-refractivity contribution in [1.29, 1.82) is 0 Å². The standard InChI is InChI=1S/C11H7BrN2O3S/c12-8-5-6(3-4-13-8)10(15)14-9-2-1-7(18-9)11(16)17/h1-5H,(H,14,15)(H,16,17). The number of amides is 1. The zero-order valence-corrected chi connectivity index (χ0v) is 11.3. The molecule has 2 rings (SSSR count). The zero-order valence-electron chi connectivity index (χ0n) is 8.88. The molecule has 1 amide bonds. The number of hydrogen-bond acceptors (Lipinski definition) is 4. The highest BCUT2D eigenvalue weighted by Gasteiger charge is 2.11. The number of hydrogen-bond donors (Lipinski definition) is 2. The molecule has 7 heteroatoms. The van der Waals surface area contributed by atoms with Crippen molar-refractivity contribution < 1.29 is 14.7 Å². The van der Waals surface area contributed by atoms with Gasteiger partial charge in [-0.2, -0.15) is 0 Å². The summed E-state index contributed by atoms with van der Waals surface area (Å²) in [4.78, 5) is 26.6. The number of carbonyl (C=O) groups excluding carboxylic acids is 1. The van der Waals surface area contributed by atoms with Crippen LogP contribution in [0.5, 0.6) is 0 Å². The summed E-state index contributed by atoms with van der Waals surface area (Å²) in [5.41, 5.74) is 0.446. The average molecular weight is 327 g/mol. The fourth-order valence-electron chi connectivity index (χ4n) is 1.25. The number of carboxylic acids is 1. The summed E-state index contributed by atoms with van der Waals surface area (Å²) in [5, 5.41) is 11.9. The van der Waals surface area contributed by atoms with Gasteiger partial charge in [0.15, 0.2) is 0 Å². The van der Waals surface area contributed by atoms with E-state index in [2.05, 4.69) is 26.2 Å². The lowest BCUT2D eigenvalue weighted by Crippen LogP contribution is -2.10. The summed E-state index contributed by atoms with van der Waals surface area (Å²) < 4.78 is 0.563. The molecule has 0 bridgehead atoms. The van der Waals surface area contributed by atoms with Gasteiger partial charge in [0.25, 0.3) is 5.91 Å². The van der Waals surface area contributed by atoms with Gasteiger partial charge in [-0.1, -0.05) is 0 Å². The van der Waals surface area contributed by atoms with E-state index in [1.54, 1.807) is 18.2 Å². The Morgan fingerprint density at radius 3 is 2.72 bits per heavy atom. The smallest absolute Gasteiger partial charge is 0.345 e. The molecule has 0 unspecified atom stereocenters. The van der Waals surface area contributed by atoms with Crippen LogP contribution in [0.2, 0.25) is 0 Å². The first-order chi connectivity index (χ1) is 8.56. The zero-order chi connectivity index (χ0) is 13.1. The number of rotatable bonds is 3. The van der Waals surface area contributed by atoms with E-state index in [-0.39, 0.29) is 10.8 Å². The van der Waals surface area contributed by atoms with Gasteiger partial charge in [0.05, 0.1) is 5.00 Å². The molecule has 92 valence electrons. The molecule has 0 radical (unpaired) electrons. The SMILES string of the molecule is O=C(Nc1ccc(C(=O)O)s1)c1ccnc(Br)c1. The van der Waals surface area contributed by atoms with Crippen molar-refractivity contribution in [3.63, 3.8) is 0 Å². The molecule has 0 aliphatic heterocycles. The van der Waals surface area contributed by atoms with Crippen molar-refractivity contribution in [2.45, 2.75) is 0 Å². The van der Waals surface area contributed by atoms with Crippen LogP contribution in [0.1, 0.15) is 20.0 Å². The first kappa shape index (κ1) is 12.7. The lowest BCUT2D eigenvalue weighted by molar-refractivity contribution is 0.0702. The second-order valence-corrected chi connectivity index (χ2v) is 5.19. The predicted octanol–water partition coefficient (Wildman–Crippen LogP) is 2.86. The number of aromatic nitrogens is 1. The number of anilines is 1. The van der Waals surface area contributed by atoms with Gasteiger partial charge in [-0.05, 0) is 40.2 Å². The van der Waals surface area contributed by atoms with E-state index < -0.39 is 5.97 Å². The Morgan fingerprint density at radius 1 is 1.33 bits per heavy atom. The highest BCUT2D eigenvalue weighted by molar-refractivity contribution is 9.10. The van der Waals surface area contributed by atoms with Crippen molar-refractivity contribution >= 4 is 44.1 Å². The van der Waals surface area contributed by atoms with Gasteiger partial charge in [0.1, 0.15) is 9.48 Å². The van der Waals surface area contributed by atoms with E-state index in [0.717, 1.165) is 11.3 Å². The van der Waals surface area contributed by atoms with Gasteiger partial charge in [-0.25, -0.2) is 9.78 Å². The number of aromatic carboxylic acids is 1. The summed E-state index contributed by atoms with van der Waals surface area (Å²) >= 11 is 4.18. The largest absolute Gasteiger partial charge is 0.477 e. The van der Waals surface area contributed by atoms with Crippen LogP contribution in [0.3, 0.4) is 0 Å². The third kappa shape index (κ3) is 2.93. The van der Waals surface area contributed by atoms with Crippen LogP contribution in [0, 0.1) is 0 Å². The first-order valence-electron chi connectivity index (χ1n) is 4.82. The molecule has 0 aliphatic carbocycles. The molecule has 0 fully saturated rings. The molecule has 2 N–H and O–H groups in total. The minimum atomic E-state index is -1.01. The van der Waals surface area contributed by atoms with Crippen LogP contribution in [-0.4, -0.2) is 22.0 Å². The molecule has 0 aromatic carbocycles. The fourth-order valence-corrected chi connectivity index (χ4v) is 2.35. The molecule has 18 heavy (non-hydrogen) atoms. The Kier molecular flexibility index (Phi) is 3.73. The Labute approximate surface area is 115 Å². The van der Waals surface area contributed by atoms with Gasteiger partial charge in [0.2, 0.25) is 0 Å². The third-order valence-corrected chi connectivity index (χ3v) is 3.46. The van der Waals surface area contributed by atoms with Gasteiger partial charge in [-0.3, -0.25) is 4.79 Å². The maximum Gasteiger partial charge on any atom is 0.345 e. The summed E-state index contributed by atoms with van der Waals surface area (Å²) in [6, 6.07) is 6.17. The van der Waals surface area contributed by atoms with Crippen molar-refractivity contribution in [2.24, 2.45) is 0 Å². The molecule has 0 spiro atoms. The van der Waals surface area contributed by atoms with Crippen molar-refractivity contribution in [3.8, 4) is 0 Å². The molecule has 2 aromatic heterocycles. The van der Waals surface area contributed by atoms with Crippen LogP contribution in [0.15, 0.2) is 35.1 Å². The van der Waals surface area contributed by atoms with E-state index in [1.165, 1.54) is 12.3 Å².